The Labute approximate surface area is 310 Å². The first-order chi connectivity index (χ1) is 25.4. The molecule has 54 heavy (non-hydrogen) atoms. The number of rotatable bonds is 10. The third-order valence-electron chi connectivity index (χ3n) is 9.70. The molecule has 292 valence electrons. The molecule has 0 unspecified atom stereocenters. The number of hydrogen-bond donors (Lipinski definition) is 0. The number of hydrogen-bond acceptors (Lipinski definition) is 2. The van der Waals surface area contributed by atoms with E-state index in [1.54, 1.807) is 0 Å². The van der Waals surface area contributed by atoms with Crippen molar-refractivity contribution in [3.05, 3.63) is 138 Å². The Morgan fingerprint density at radius 3 is 0.907 bits per heavy atom. The fraction of sp³-hybridized carbons (Fsp3) is 0.381. The van der Waals surface area contributed by atoms with E-state index in [9.17, 15) is 43.9 Å². The smallest absolute Gasteiger partial charge is 0.200 e. The van der Waals surface area contributed by atoms with Gasteiger partial charge in [0.1, 0.15) is 6.17 Å². The molecular weight excluding hydrogens is 722 g/mol. The highest BCUT2D eigenvalue weighted by Crippen LogP contribution is 2.46. The van der Waals surface area contributed by atoms with Gasteiger partial charge in [0.15, 0.2) is 46.5 Å². The van der Waals surface area contributed by atoms with Gasteiger partial charge in [0, 0.05) is 33.9 Å². The molecule has 0 atom stereocenters. The number of halogens is 10. The summed E-state index contributed by atoms with van der Waals surface area (Å²) >= 11 is 0. The fourth-order valence-corrected chi connectivity index (χ4v) is 7.73. The van der Waals surface area contributed by atoms with Crippen molar-refractivity contribution >= 4 is 11.4 Å². The van der Waals surface area contributed by atoms with E-state index in [1.807, 2.05) is 96.4 Å². The molecule has 0 aliphatic carbocycles. The van der Waals surface area contributed by atoms with E-state index in [4.69, 9.17) is 0 Å². The third kappa shape index (κ3) is 7.71. The van der Waals surface area contributed by atoms with Crippen LogP contribution in [0.2, 0.25) is 0 Å². The van der Waals surface area contributed by atoms with Gasteiger partial charge in [0.25, 0.3) is 0 Å². The van der Waals surface area contributed by atoms with Crippen molar-refractivity contribution in [2.24, 2.45) is 0 Å². The molecule has 5 rings (SSSR count). The summed E-state index contributed by atoms with van der Waals surface area (Å²) in [5.41, 5.74) is 6.50. The van der Waals surface area contributed by atoms with E-state index in [0.29, 0.717) is 11.4 Å². The average Bonchev–Trinajstić information content (AvgIpc) is 3.37. The first-order valence-corrected chi connectivity index (χ1v) is 17.9. The molecule has 1 heterocycles. The molecule has 0 saturated heterocycles. The third-order valence-corrected chi connectivity index (χ3v) is 9.70. The Bertz CT molecular complexity index is 1850. The monoisotopic (exact) mass is 766 g/mol. The molecule has 4 aromatic rings. The highest BCUT2D eigenvalue weighted by atomic mass is 19.2. The van der Waals surface area contributed by atoms with Crippen LogP contribution in [0.5, 0.6) is 0 Å². The van der Waals surface area contributed by atoms with E-state index >= 15 is 0 Å². The van der Waals surface area contributed by atoms with Gasteiger partial charge in [-0.1, -0.05) is 49.2 Å². The average molecular weight is 767 g/mol. The Kier molecular flexibility index (Phi) is 13.2. The van der Waals surface area contributed by atoms with E-state index < -0.39 is 88.3 Å². The summed E-state index contributed by atoms with van der Waals surface area (Å²) in [6, 6.07) is 7.93. The normalized spacial score (nSPS) is 13.3. The number of aryl methyl sites for hydroxylation is 6. The van der Waals surface area contributed by atoms with Gasteiger partial charge in [0.05, 0.1) is 0 Å². The lowest BCUT2D eigenvalue weighted by Gasteiger charge is -2.36. The summed E-state index contributed by atoms with van der Waals surface area (Å²) in [5.74, 6) is -20.3. The second-order valence-electron chi connectivity index (χ2n) is 13.6. The van der Waals surface area contributed by atoms with Crippen LogP contribution >= 0.6 is 0 Å². The van der Waals surface area contributed by atoms with E-state index in [1.165, 1.54) is 0 Å². The van der Waals surface area contributed by atoms with Crippen molar-refractivity contribution in [3.63, 3.8) is 0 Å². The number of nitrogens with zero attached hydrogens (tertiary/aromatic N) is 2. The zero-order valence-corrected chi connectivity index (χ0v) is 31.8. The lowest BCUT2D eigenvalue weighted by atomic mass is 9.99. The van der Waals surface area contributed by atoms with Crippen LogP contribution in [0.15, 0.2) is 35.7 Å². The Hall–Kier alpha value is -4.48. The summed E-state index contributed by atoms with van der Waals surface area (Å²) in [6.07, 6.45) is -1.49. The summed E-state index contributed by atoms with van der Waals surface area (Å²) in [7, 11) is 0. The van der Waals surface area contributed by atoms with Crippen LogP contribution < -0.4 is 9.80 Å². The van der Waals surface area contributed by atoms with Crippen LogP contribution in [0.4, 0.5) is 55.3 Å². The molecule has 0 spiro atoms. The second-order valence-corrected chi connectivity index (χ2v) is 13.6. The zero-order valence-electron chi connectivity index (χ0n) is 31.8. The van der Waals surface area contributed by atoms with Gasteiger partial charge in [-0.3, -0.25) is 0 Å². The molecule has 12 heteroatoms. The molecule has 0 amide bonds. The minimum atomic E-state index is -2.25. The topological polar surface area (TPSA) is 6.48 Å². The van der Waals surface area contributed by atoms with Crippen LogP contribution in [0, 0.1) is 99.7 Å². The van der Waals surface area contributed by atoms with Crippen LogP contribution in [-0.4, -0.2) is 6.17 Å². The van der Waals surface area contributed by atoms with Gasteiger partial charge in [-0.05, 0) is 109 Å². The maximum absolute atomic E-state index is 14.7. The SMILES string of the molecule is CC.Cc1cc(C)c(N2C(CCCc3c(F)c(F)c(F)c(F)c3F)=C(CCCc3c(F)c(F)c(F)c(F)c3F)N(c3c(C)cc(C)cc3C)C2C)c(C)c1. The van der Waals surface area contributed by atoms with Crippen LogP contribution in [-0.2, 0) is 12.8 Å². The molecule has 0 bridgehead atoms. The van der Waals surface area contributed by atoms with Gasteiger partial charge in [-0.2, -0.15) is 0 Å². The molecule has 0 saturated carbocycles. The van der Waals surface area contributed by atoms with Crippen LogP contribution in [0.1, 0.15) is 91.0 Å². The number of allylic oxidation sites excluding steroid dienone is 2. The van der Waals surface area contributed by atoms with Gasteiger partial charge < -0.3 is 9.80 Å². The first kappa shape index (κ1) is 42.3. The van der Waals surface area contributed by atoms with Crippen molar-refractivity contribution < 1.29 is 43.9 Å². The van der Waals surface area contributed by atoms with Crippen molar-refractivity contribution in [2.45, 2.75) is 107 Å². The highest BCUT2D eigenvalue weighted by Gasteiger charge is 2.39. The van der Waals surface area contributed by atoms with Gasteiger partial charge in [-0.25, -0.2) is 43.9 Å². The maximum Gasteiger partial charge on any atom is 0.200 e. The number of anilines is 2. The molecular formula is C42H44F10N2. The Balaban J connectivity index is 0.00000319. The minimum Gasteiger partial charge on any atom is -0.322 e. The minimum absolute atomic E-state index is 0.0644. The van der Waals surface area contributed by atoms with Gasteiger partial charge in [0.2, 0.25) is 11.6 Å². The maximum atomic E-state index is 14.7. The summed E-state index contributed by atoms with van der Waals surface area (Å²) in [4.78, 5) is 4.07. The van der Waals surface area contributed by atoms with Crippen LogP contribution in [0.3, 0.4) is 0 Å². The van der Waals surface area contributed by atoms with Crippen molar-refractivity contribution in [3.8, 4) is 0 Å². The lowest BCUT2D eigenvalue weighted by molar-refractivity contribution is 0.369. The molecule has 2 nitrogen and oxygen atoms in total. The largest absolute Gasteiger partial charge is 0.322 e. The Morgan fingerprint density at radius 1 is 0.407 bits per heavy atom. The van der Waals surface area contributed by atoms with E-state index in [2.05, 4.69) is 0 Å². The summed E-state index contributed by atoms with van der Waals surface area (Å²) < 4.78 is 143. The molecule has 0 N–H and O–H groups in total. The second kappa shape index (κ2) is 16.9. The van der Waals surface area contributed by atoms with Crippen LogP contribution in [0.25, 0.3) is 0 Å². The lowest BCUT2D eigenvalue weighted by Crippen LogP contribution is -2.39. The highest BCUT2D eigenvalue weighted by molar-refractivity contribution is 5.74. The quantitative estimate of drug-likeness (QED) is 0.0901. The molecule has 4 aromatic carbocycles. The molecule has 0 radical (unpaired) electrons. The van der Waals surface area contributed by atoms with Crippen molar-refractivity contribution in [1.82, 2.24) is 0 Å². The van der Waals surface area contributed by atoms with Gasteiger partial charge >= 0.3 is 0 Å². The van der Waals surface area contributed by atoms with Crippen molar-refractivity contribution in [2.75, 3.05) is 9.80 Å². The van der Waals surface area contributed by atoms with E-state index in [0.717, 1.165) is 44.8 Å². The molecule has 1 aliphatic heterocycles. The molecule has 0 fully saturated rings. The molecule has 1 aliphatic rings. The van der Waals surface area contributed by atoms with Gasteiger partial charge in [-0.15, -0.1) is 0 Å². The predicted molar refractivity (Wildman–Crippen MR) is 192 cm³/mol. The fourth-order valence-electron chi connectivity index (χ4n) is 7.73. The predicted octanol–water partition coefficient (Wildman–Crippen LogP) is 12.9. The standard InChI is InChI=1S/C40H38F10N2.C2H6/c1-18-14-20(3)39(21(4)15-18)51-24(7)52(40-22(5)16-19(2)17-23(40)6)28(13-9-11-26-31(43)35(47)38(50)36(48)32(26)44)27(51)12-8-10-25-29(41)33(45)37(49)34(46)30(25)42;1-2/h14-17,24H,8-13H2,1-7H3;1-2H3. The first-order valence-electron chi connectivity index (χ1n) is 17.9. The Morgan fingerprint density at radius 2 is 0.648 bits per heavy atom. The number of benzene rings is 4. The van der Waals surface area contributed by atoms with E-state index in [-0.39, 0.29) is 25.7 Å². The summed E-state index contributed by atoms with van der Waals surface area (Å²) in [6.45, 7) is 17.5. The molecule has 0 aromatic heterocycles. The zero-order chi connectivity index (χ0) is 40.5. The summed E-state index contributed by atoms with van der Waals surface area (Å²) in [5, 5.41) is 0. The van der Waals surface area contributed by atoms with Crippen molar-refractivity contribution in [1.29, 1.82) is 0 Å².